The molecule has 1 heterocycles. The van der Waals surface area contributed by atoms with Crippen molar-refractivity contribution in [3.8, 4) is 0 Å². The van der Waals surface area contributed by atoms with Crippen LogP contribution < -0.4 is 5.32 Å². The Labute approximate surface area is 126 Å². The molecule has 0 radical (unpaired) electrons. The van der Waals surface area contributed by atoms with E-state index in [1.807, 2.05) is 6.92 Å². The van der Waals surface area contributed by atoms with Crippen molar-refractivity contribution in [2.45, 2.75) is 70.9 Å². The largest absolute Gasteiger partial charge is 0.393 e. The van der Waals surface area contributed by atoms with Crippen molar-refractivity contribution in [3.63, 3.8) is 0 Å². The lowest BCUT2D eigenvalue weighted by atomic mass is 9.93. The molecule has 0 aliphatic heterocycles. The zero-order chi connectivity index (χ0) is 14.9. The molecule has 1 saturated carbocycles. The molecule has 0 saturated heterocycles. The number of anilines is 1. The second-order valence-corrected chi connectivity index (χ2v) is 7.07. The third-order valence-corrected chi connectivity index (χ3v) is 4.16. The van der Waals surface area contributed by atoms with E-state index in [0.717, 1.165) is 42.9 Å². The predicted molar refractivity (Wildman–Crippen MR) is 82.4 cm³/mol. The van der Waals surface area contributed by atoms with Crippen LogP contribution in [0.2, 0.25) is 5.15 Å². The van der Waals surface area contributed by atoms with Crippen molar-refractivity contribution in [2.75, 3.05) is 5.32 Å². The van der Waals surface area contributed by atoms with Crippen molar-refractivity contribution >= 4 is 17.4 Å². The lowest BCUT2D eigenvalue weighted by Gasteiger charge is -2.28. The molecule has 0 bridgehead atoms. The van der Waals surface area contributed by atoms with E-state index in [-0.39, 0.29) is 11.5 Å². The summed E-state index contributed by atoms with van der Waals surface area (Å²) >= 11 is 6.23. The van der Waals surface area contributed by atoms with Gasteiger partial charge in [-0.05, 0) is 32.6 Å². The van der Waals surface area contributed by atoms with Crippen molar-refractivity contribution < 1.29 is 5.11 Å². The summed E-state index contributed by atoms with van der Waals surface area (Å²) in [5.74, 6) is 1.59. The van der Waals surface area contributed by atoms with Crippen molar-refractivity contribution in [2.24, 2.45) is 0 Å². The standard InChI is InChI=1S/C15H24ClN3O/c1-9-12(16)18-14(15(2,3)4)19-13(9)17-10-5-7-11(20)8-6-10/h10-11,20H,5-8H2,1-4H3,(H,17,18,19). The Morgan fingerprint density at radius 2 is 1.75 bits per heavy atom. The van der Waals surface area contributed by atoms with Gasteiger partial charge in [0.15, 0.2) is 0 Å². The fourth-order valence-corrected chi connectivity index (χ4v) is 2.55. The number of nitrogens with one attached hydrogen (secondary N) is 1. The van der Waals surface area contributed by atoms with Gasteiger partial charge in [-0.1, -0.05) is 32.4 Å². The van der Waals surface area contributed by atoms with Crippen LogP contribution in [0.5, 0.6) is 0 Å². The maximum atomic E-state index is 9.57. The van der Waals surface area contributed by atoms with Gasteiger partial charge in [-0.3, -0.25) is 0 Å². The lowest BCUT2D eigenvalue weighted by molar-refractivity contribution is 0.126. The molecule has 0 atom stereocenters. The summed E-state index contributed by atoms with van der Waals surface area (Å²) in [4.78, 5) is 9.03. The van der Waals surface area contributed by atoms with E-state index in [1.165, 1.54) is 0 Å². The zero-order valence-corrected chi connectivity index (χ0v) is 13.5. The van der Waals surface area contributed by atoms with Crippen LogP contribution in [0, 0.1) is 6.92 Å². The topological polar surface area (TPSA) is 58.0 Å². The van der Waals surface area contributed by atoms with Crippen LogP contribution in [0.15, 0.2) is 0 Å². The fraction of sp³-hybridized carbons (Fsp3) is 0.733. The van der Waals surface area contributed by atoms with Crippen molar-refractivity contribution in [1.82, 2.24) is 9.97 Å². The summed E-state index contributed by atoms with van der Waals surface area (Å²) in [7, 11) is 0. The smallest absolute Gasteiger partial charge is 0.137 e. The number of aliphatic hydroxyl groups excluding tert-OH is 1. The highest BCUT2D eigenvalue weighted by Gasteiger charge is 2.23. The molecule has 5 heteroatoms. The van der Waals surface area contributed by atoms with E-state index >= 15 is 0 Å². The Morgan fingerprint density at radius 1 is 1.15 bits per heavy atom. The summed E-state index contributed by atoms with van der Waals surface area (Å²) in [5, 5.41) is 13.6. The maximum Gasteiger partial charge on any atom is 0.137 e. The minimum Gasteiger partial charge on any atom is -0.393 e. The van der Waals surface area contributed by atoms with Crippen LogP contribution in [-0.2, 0) is 5.41 Å². The van der Waals surface area contributed by atoms with Crippen molar-refractivity contribution in [3.05, 3.63) is 16.5 Å². The average molecular weight is 298 g/mol. The molecule has 1 aliphatic rings. The number of hydrogen-bond donors (Lipinski definition) is 2. The summed E-state index contributed by atoms with van der Waals surface area (Å²) in [5.41, 5.74) is 0.766. The molecule has 1 aliphatic carbocycles. The van der Waals surface area contributed by atoms with Crippen LogP contribution in [-0.4, -0.2) is 27.2 Å². The van der Waals surface area contributed by atoms with Gasteiger partial charge in [-0.25, -0.2) is 9.97 Å². The Balaban J connectivity index is 2.20. The van der Waals surface area contributed by atoms with Gasteiger partial charge >= 0.3 is 0 Å². The molecular weight excluding hydrogens is 274 g/mol. The first-order chi connectivity index (χ1) is 9.27. The second kappa shape index (κ2) is 5.86. The van der Waals surface area contributed by atoms with Crippen LogP contribution in [0.3, 0.4) is 0 Å². The van der Waals surface area contributed by atoms with E-state index < -0.39 is 0 Å². The summed E-state index contributed by atoms with van der Waals surface area (Å²) in [6.07, 6.45) is 3.48. The molecular formula is C15H24ClN3O. The number of aromatic nitrogens is 2. The maximum absolute atomic E-state index is 9.57. The van der Waals surface area contributed by atoms with Gasteiger partial charge in [-0.2, -0.15) is 0 Å². The molecule has 0 unspecified atom stereocenters. The highest BCUT2D eigenvalue weighted by molar-refractivity contribution is 6.30. The van der Waals surface area contributed by atoms with E-state index in [2.05, 4.69) is 36.1 Å². The number of aliphatic hydroxyl groups is 1. The minimum absolute atomic E-state index is 0.128. The Hall–Kier alpha value is -0.870. The van der Waals surface area contributed by atoms with Crippen molar-refractivity contribution in [1.29, 1.82) is 0 Å². The lowest BCUT2D eigenvalue weighted by Crippen LogP contribution is -2.29. The highest BCUT2D eigenvalue weighted by Crippen LogP contribution is 2.28. The molecule has 4 nitrogen and oxygen atoms in total. The van der Waals surface area contributed by atoms with E-state index in [0.29, 0.717) is 11.2 Å². The van der Waals surface area contributed by atoms with Gasteiger partial charge in [0.25, 0.3) is 0 Å². The Kier molecular flexibility index (Phi) is 4.55. The SMILES string of the molecule is Cc1c(Cl)nc(C(C)(C)C)nc1NC1CCC(O)CC1. The first-order valence-electron chi connectivity index (χ1n) is 7.26. The first kappa shape index (κ1) is 15.5. The Bertz CT molecular complexity index is 477. The molecule has 112 valence electrons. The molecule has 1 aromatic rings. The van der Waals surface area contributed by atoms with E-state index in [9.17, 15) is 5.11 Å². The number of nitrogens with zero attached hydrogens (tertiary/aromatic N) is 2. The van der Waals surface area contributed by atoms with E-state index in [1.54, 1.807) is 0 Å². The molecule has 1 aromatic heterocycles. The normalized spacial score (nSPS) is 23.7. The van der Waals surface area contributed by atoms with Gasteiger partial charge < -0.3 is 10.4 Å². The van der Waals surface area contributed by atoms with Gasteiger partial charge in [0.2, 0.25) is 0 Å². The van der Waals surface area contributed by atoms with E-state index in [4.69, 9.17) is 11.6 Å². The third-order valence-electron chi connectivity index (χ3n) is 3.79. The molecule has 20 heavy (non-hydrogen) atoms. The summed E-state index contributed by atoms with van der Waals surface area (Å²) < 4.78 is 0. The third kappa shape index (κ3) is 3.61. The Morgan fingerprint density at radius 3 is 2.30 bits per heavy atom. The van der Waals surface area contributed by atoms with Crippen LogP contribution in [0.4, 0.5) is 5.82 Å². The first-order valence-corrected chi connectivity index (χ1v) is 7.64. The number of halogens is 1. The predicted octanol–water partition coefficient (Wildman–Crippen LogP) is 3.45. The molecule has 2 rings (SSSR count). The minimum atomic E-state index is -0.145. The molecule has 0 spiro atoms. The van der Waals surface area contributed by atoms with Gasteiger partial charge in [0, 0.05) is 17.0 Å². The molecule has 2 N–H and O–H groups in total. The van der Waals surface area contributed by atoms with Crippen LogP contribution in [0.1, 0.15) is 57.8 Å². The van der Waals surface area contributed by atoms with Gasteiger partial charge in [0.05, 0.1) is 6.10 Å². The number of rotatable bonds is 2. The molecule has 0 aromatic carbocycles. The fourth-order valence-electron chi connectivity index (χ4n) is 2.38. The monoisotopic (exact) mass is 297 g/mol. The zero-order valence-electron chi connectivity index (χ0n) is 12.7. The second-order valence-electron chi connectivity index (χ2n) is 6.71. The average Bonchev–Trinajstić information content (AvgIpc) is 2.36. The van der Waals surface area contributed by atoms with Gasteiger partial charge in [-0.15, -0.1) is 0 Å². The van der Waals surface area contributed by atoms with Crippen LogP contribution in [0.25, 0.3) is 0 Å². The molecule has 1 fully saturated rings. The molecule has 0 amide bonds. The highest BCUT2D eigenvalue weighted by atomic mass is 35.5. The van der Waals surface area contributed by atoms with Crippen LogP contribution >= 0.6 is 11.6 Å². The quantitative estimate of drug-likeness (QED) is 0.821. The summed E-state index contributed by atoms with van der Waals surface area (Å²) in [6, 6.07) is 0.357. The summed E-state index contributed by atoms with van der Waals surface area (Å²) in [6.45, 7) is 8.17. The van der Waals surface area contributed by atoms with Gasteiger partial charge in [0.1, 0.15) is 16.8 Å². The number of hydrogen-bond acceptors (Lipinski definition) is 4.